The van der Waals surface area contributed by atoms with Crippen molar-refractivity contribution in [3.05, 3.63) is 34.1 Å². The van der Waals surface area contributed by atoms with Gasteiger partial charge < -0.3 is 26.4 Å². The van der Waals surface area contributed by atoms with Gasteiger partial charge in [0.05, 0.1) is 11.1 Å². The molecule has 0 bridgehead atoms. The molecule has 0 saturated carbocycles. The van der Waals surface area contributed by atoms with Gasteiger partial charge in [-0.25, -0.2) is 14.8 Å². The third-order valence-electron chi connectivity index (χ3n) is 5.98. The van der Waals surface area contributed by atoms with Gasteiger partial charge in [-0.2, -0.15) is 9.97 Å². The molecule has 5 N–H and O–H groups in total. The molecule has 0 spiro atoms. The molecule has 49 heavy (non-hydrogen) atoms. The van der Waals surface area contributed by atoms with Crippen LogP contribution < -0.4 is 21.7 Å². The Morgan fingerprint density at radius 1 is 0.918 bits per heavy atom. The van der Waals surface area contributed by atoms with Crippen LogP contribution in [0.15, 0.2) is 12.4 Å². The molecule has 2 amide bonds. The van der Waals surface area contributed by atoms with E-state index in [-0.39, 0.29) is 16.5 Å². The van der Waals surface area contributed by atoms with Crippen LogP contribution in [0.1, 0.15) is 91.2 Å². The molecular weight excluding hydrogens is 720 g/mol. The van der Waals surface area contributed by atoms with Crippen molar-refractivity contribution in [1.82, 2.24) is 30.2 Å². The fourth-order valence-electron chi connectivity index (χ4n) is 3.37. The molecule has 0 aliphatic carbocycles. The van der Waals surface area contributed by atoms with Crippen molar-refractivity contribution in [2.45, 2.75) is 91.7 Å². The summed E-state index contributed by atoms with van der Waals surface area (Å²) in [5, 5.41) is 9.58. The molecule has 2 aromatic rings. The molecule has 2 aromatic heterocycles. The van der Waals surface area contributed by atoms with Gasteiger partial charge in [0.25, 0.3) is 0 Å². The second-order valence-electron chi connectivity index (χ2n) is 11.3. The monoisotopic (exact) mass is 767 g/mol. The van der Waals surface area contributed by atoms with Crippen LogP contribution in [-0.2, 0) is 9.53 Å². The van der Waals surface area contributed by atoms with Gasteiger partial charge in [-0.15, -0.1) is 0 Å². The summed E-state index contributed by atoms with van der Waals surface area (Å²) in [6.45, 7) is 13.9. The zero-order chi connectivity index (χ0) is 37.2. The first kappa shape index (κ1) is 48.4. The molecule has 1 atom stereocenters. The number of carbonyl (C=O) groups excluding carboxylic acids is 2. The Bertz CT molecular complexity index is 1410. The average Bonchev–Trinajstić information content (AvgIpc) is 3.07. The molecule has 12 nitrogen and oxygen atoms in total. The minimum atomic E-state index is -0.635. The summed E-state index contributed by atoms with van der Waals surface area (Å²) in [5.74, 6) is 13.3. The number of unbranched alkanes of at least 4 members (excludes halogenated alkanes) is 2. The van der Waals surface area contributed by atoms with Crippen molar-refractivity contribution in [3.8, 4) is 23.7 Å². The predicted octanol–water partition coefficient (Wildman–Crippen LogP) is 4.74. The summed E-state index contributed by atoms with van der Waals surface area (Å²) in [4.78, 5) is 41.8. The van der Waals surface area contributed by atoms with E-state index in [1.165, 1.54) is 68.1 Å². The molecule has 2 heterocycles. The first-order valence-electron chi connectivity index (χ1n) is 16.8. The summed E-state index contributed by atoms with van der Waals surface area (Å²) >= 11 is 14.1. The van der Waals surface area contributed by atoms with Gasteiger partial charge in [0, 0.05) is 51.9 Å². The standard InChI is InChI=1S/C21H32ClN5O3.C12H17ClN4.2K/c1-7-12-23-17-16(14-25-19(22)26-17)11-9-8-10-13-24-18(28)15(2)27(6)20(29)30-21(3,4)5;1-2-8-15-11-10(6-4-3-5-7-14)9-16-12(13)17-11;;/h14-15H,7-8,10,12-13H2,1-6H3,(H,24,28)(H,23,25,26);9H,2-3,5,7-8,14H2,1H3,(H,15,16,17);;/t15-;;;/m0.../s1. The van der Waals surface area contributed by atoms with Gasteiger partial charge in [0.15, 0.2) is 0 Å². The van der Waals surface area contributed by atoms with Crippen molar-refractivity contribution in [1.29, 1.82) is 0 Å². The molecule has 0 fully saturated rings. The zero-order valence-electron chi connectivity index (χ0n) is 30.6. The maximum atomic E-state index is 12.3. The molecule has 0 saturated heterocycles. The van der Waals surface area contributed by atoms with E-state index in [0.29, 0.717) is 43.1 Å². The summed E-state index contributed by atoms with van der Waals surface area (Å²) in [6.07, 6.45) is 7.62. The topological polar surface area (TPSA) is 160 Å². The van der Waals surface area contributed by atoms with Crippen molar-refractivity contribution in [2.75, 3.05) is 43.9 Å². The zero-order valence-corrected chi connectivity index (χ0v) is 38.4. The Morgan fingerprint density at radius 3 is 1.82 bits per heavy atom. The number of carbonyl (C=O) groups is 2. The SMILES string of the molecule is CCCNc1nc(Cl)ncc1C#CCCCN.CCCNc1nc(Cl)ncc1C#CCCCNC(=O)[C@H](C)N(C)C(=O)OC(C)(C)C.[K][K]. The number of nitrogens with zero attached hydrogens (tertiary/aromatic N) is 5. The van der Waals surface area contributed by atoms with E-state index in [1.54, 1.807) is 47.1 Å². The quantitative estimate of drug-likeness (QED) is 0.0971. The maximum absolute atomic E-state index is 12.3. The molecular formula is C33H49Cl2K2N9O3. The Labute approximate surface area is 348 Å². The Morgan fingerprint density at radius 2 is 1.39 bits per heavy atom. The van der Waals surface area contributed by atoms with Crippen molar-refractivity contribution in [3.63, 3.8) is 0 Å². The van der Waals surface area contributed by atoms with Gasteiger partial charge in [-0.05, 0) is 83.1 Å². The van der Waals surface area contributed by atoms with E-state index in [4.69, 9.17) is 33.7 Å². The number of rotatable bonds is 13. The molecule has 2 rings (SSSR count). The molecule has 16 heteroatoms. The summed E-state index contributed by atoms with van der Waals surface area (Å²) < 4.78 is 5.28. The second kappa shape index (κ2) is 29.0. The summed E-state index contributed by atoms with van der Waals surface area (Å²) in [6, 6.07) is -0.635. The molecule has 0 aliphatic rings. The number of nitrogens with two attached hydrogens (primary N) is 1. The Balaban J connectivity index is 0.00000102. The van der Waals surface area contributed by atoms with Gasteiger partial charge in [0.1, 0.15) is 23.3 Å². The predicted molar refractivity (Wildman–Crippen MR) is 201 cm³/mol. The van der Waals surface area contributed by atoms with E-state index in [9.17, 15) is 9.59 Å². The third-order valence-corrected chi connectivity index (χ3v) is 6.34. The number of amides is 2. The first-order valence-corrected chi connectivity index (χ1v) is 33.5. The van der Waals surface area contributed by atoms with E-state index in [1.807, 2.05) is 0 Å². The molecule has 0 aliphatic heterocycles. The number of hydrogen-bond donors (Lipinski definition) is 4. The van der Waals surface area contributed by atoms with Gasteiger partial charge in [-0.3, -0.25) is 9.69 Å². The van der Waals surface area contributed by atoms with Crippen LogP contribution in [0.5, 0.6) is 0 Å². The van der Waals surface area contributed by atoms with Crippen LogP contribution in [-0.4, -0.2) is 145 Å². The van der Waals surface area contributed by atoms with E-state index in [2.05, 4.69) is 73.4 Å². The van der Waals surface area contributed by atoms with Crippen LogP contribution in [0.3, 0.4) is 0 Å². The van der Waals surface area contributed by atoms with Crippen LogP contribution in [0.25, 0.3) is 0 Å². The molecule has 0 aromatic carbocycles. The molecule has 260 valence electrons. The fourth-order valence-corrected chi connectivity index (χ4v) is 3.64. The Kier molecular flexibility index (Phi) is 28.6. The third kappa shape index (κ3) is 22.9. The van der Waals surface area contributed by atoms with Crippen LogP contribution in [0, 0.1) is 23.7 Å². The fraction of sp³-hybridized carbons (Fsp3) is 0.576. The van der Waals surface area contributed by atoms with Gasteiger partial charge >= 0.3 is 69.2 Å². The van der Waals surface area contributed by atoms with Crippen LogP contribution in [0.2, 0.25) is 10.6 Å². The van der Waals surface area contributed by atoms with E-state index >= 15 is 0 Å². The van der Waals surface area contributed by atoms with Crippen LogP contribution in [0.4, 0.5) is 16.4 Å². The average molecular weight is 769 g/mol. The van der Waals surface area contributed by atoms with Gasteiger partial charge in [-0.1, -0.05) is 37.5 Å². The van der Waals surface area contributed by atoms with Crippen molar-refractivity contribution >= 4 is 110 Å². The van der Waals surface area contributed by atoms with E-state index in [0.717, 1.165) is 44.3 Å². The number of likely N-dealkylation sites (N-methyl/N-ethyl adjacent to an activating group) is 1. The van der Waals surface area contributed by atoms with Gasteiger partial charge in [0.2, 0.25) is 16.5 Å². The summed E-state index contributed by atoms with van der Waals surface area (Å²) in [5.41, 5.74) is 6.25. The summed E-state index contributed by atoms with van der Waals surface area (Å²) in [7, 11) is 1.54. The second-order valence-corrected chi connectivity index (χ2v) is 12.0. The van der Waals surface area contributed by atoms with E-state index < -0.39 is 17.7 Å². The van der Waals surface area contributed by atoms with Crippen molar-refractivity contribution in [2.24, 2.45) is 5.73 Å². The van der Waals surface area contributed by atoms with Crippen molar-refractivity contribution < 1.29 is 14.3 Å². The minimum absolute atomic E-state index is 0.173. The molecule has 0 unspecified atom stereocenters. The first-order chi connectivity index (χ1) is 23.3. The normalized spacial score (nSPS) is 10.7. The number of halogens is 2. The number of anilines is 2. The number of ether oxygens (including phenoxy) is 1. The number of nitrogens with one attached hydrogen (secondary N) is 3. The molecule has 0 radical (unpaired) electrons. The number of hydrogen-bond acceptors (Lipinski definition) is 10. The Hall–Kier alpha value is -0.567. The van der Waals surface area contributed by atoms with Crippen LogP contribution >= 0.6 is 23.2 Å². The number of aromatic nitrogens is 4.